The molecule has 0 aromatic heterocycles. The Morgan fingerprint density at radius 1 is 1.35 bits per heavy atom. The molecular formula is C15H14N2O6. The van der Waals surface area contributed by atoms with Crippen molar-refractivity contribution in [3.63, 3.8) is 0 Å². The largest absolute Gasteiger partial charge is 0.481 e. The Kier molecular flexibility index (Phi) is 2.77. The van der Waals surface area contributed by atoms with Gasteiger partial charge in [-0.15, -0.1) is 0 Å². The molecule has 1 saturated heterocycles. The van der Waals surface area contributed by atoms with Crippen LogP contribution in [-0.2, 0) is 9.59 Å². The number of nitrogens with zero attached hydrogens (tertiary/aromatic N) is 2. The summed E-state index contributed by atoms with van der Waals surface area (Å²) in [5, 5.41) is 30.8. The van der Waals surface area contributed by atoms with Crippen molar-refractivity contribution in [2.45, 2.75) is 18.6 Å². The number of hydrogen-bond donors (Lipinski definition) is 2. The Hall–Kier alpha value is -2.48. The Bertz CT molecular complexity index is 734. The van der Waals surface area contributed by atoms with Crippen molar-refractivity contribution >= 4 is 23.3 Å². The fourth-order valence-electron chi connectivity index (χ4n) is 4.73. The maximum Gasteiger partial charge on any atom is 0.307 e. The van der Waals surface area contributed by atoms with Gasteiger partial charge in [-0.05, 0) is 18.4 Å². The minimum Gasteiger partial charge on any atom is -0.481 e. The molecule has 120 valence electrons. The number of aliphatic carboxylic acids is 1. The van der Waals surface area contributed by atoms with Crippen molar-refractivity contribution in [3.8, 4) is 0 Å². The topological polar surface area (TPSA) is 121 Å². The number of hydrogen-bond acceptors (Lipinski definition) is 5. The maximum absolute atomic E-state index is 12.7. The van der Waals surface area contributed by atoms with Crippen LogP contribution in [0.15, 0.2) is 24.3 Å². The minimum atomic E-state index is -1.06. The van der Waals surface area contributed by atoms with E-state index >= 15 is 0 Å². The number of nitro groups is 1. The molecule has 1 aromatic carbocycles. The lowest BCUT2D eigenvalue weighted by Gasteiger charge is -2.30. The minimum absolute atomic E-state index is 0.145. The van der Waals surface area contributed by atoms with Gasteiger partial charge in [0.05, 0.1) is 34.6 Å². The summed E-state index contributed by atoms with van der Waals surface area (Å²) in [6.45, 7) is 0. The predicted octanol–water partition coefficient (Wildman–Crippen LogP) is 0.638. The van der Waals surface area contributed by atoms with Crippen LogP contribution in [0, 0.1) is 33.8 Å². The molecule has 2 aliphatic carbocycles. The molecule has 3 fully saturated rings. The molecule has 0 spiro atoms. The fraction of sp³-hybridized carbons (Fsp3) is 0.467. The number of aliphatic hydroxyl groups excluding tert-OH is 1. The van der Waals surface area contributed by atoms with Crippen LogP contribution < -0.4 is 4.90 Å². The number of anilines is 1. The van der Waals surface area contributed by atoms with Crippen LogP contribution in [-0.4, -0.2) is 39.2 Å². The molecule has 4 rings (SSSR count). The molecule has 2 saturated carbocycles. The molecule has 2 bridgehead atoms. The number of carbonyl (C=O) groups excluding carboxylic acids is 1. The molecule has 2 N–H and O–H groups in total. The van der Waals surface area contributed by atoms with E-state index in [0.29, 0.717) is 12.1 Å². The second-order valence-electron chi connectivity index (χ2n) is 6.42. The summed E-state index contributed by atoms with van der Waals surface area (Å²) in [5.41, 5.74) is 0.195. The summed E-state index contributed by atoms with van der Waals surface area (Å²) in [5.74, 6) is -3.57. The van der Waals surface area contributed by atoms with Gasteiger partial charge in [0.15, 0.2) is 0 Å². The summed E-state index contributed by atoms with van der Waals surface area (Å²) < 4.78 is 0. The first kappa shape index (κ1) is 14.1. The van der Waals surface area contributed by atoms with E-state index in [1.807, 2.05) is 0 Å². The fourth-order valence-corrected chi connectivity index (χ4v) is 4.73. The third-order valence-electron chi connectivity index (χ3n) is 5.51. The third-order valence-corrected chi connectivity index (χ3v) is 5.51. The highest BCUT2D eigenvalue weighted by atomic mass is 16.6. The van der Waals surface area contributed by atoms with E-state index in [2.05, 4.69) is 0 Å². The summed E-state index contributed by atoms with van der Waals surface area (Å²) in [6, 6.07) is 5.18. The van der Waals surface area contributed by atoms with E-state index in [1.54, 1.807) is 6.07 Å². The molecular weight excluding hydrogens is 304 g/mol. The Labute approximate surface area is 130 Å². The molecule has 1 amide bonds. The van der Waals surface area contributed by atoms with Crippen molar-refractivity contribution in [2.24, 2.45) is 23.7 Å². The number of rotatable bonds is 3. The van der Waals surface area contributed by atoms with Crippen molar-refractivity contribution in [3.05, 3.63) is 34.4 Å². The third kappa shape index (κ3) is 1.69. The lowest BCUT2D eigenvalue weighted by molar-refractivity contribution is -0.384. The van der Waals surface area contributed by atoms with Crippen LogP contribution in [0.1, 0.15) is 6.42 Å². The molecule has 23 heavy (non-hydrogen) atoms. The molecule has 1 heterocycles. The SMILES string of the molecule is O=C(O)[C@@H]1[C@H]2C[C@H]3[C@@H]1C(=O)N(c1cccc([N+](=O)[O-])c1)[C@H]3[C@@H]2O. The molecule has 0 radical (unpaired) electrons. The molecule has 1 aromatic rings. The van der Waals surface area contributed by atoms with Crippen LogP contribution in [0.4, 0.5) is 11.4 Å². The number of nitro benzene ring substituents is 1. The van der Waals surface area contributed by atoms with Crippen molar-refractivity contribution in [1.29, 1.82) is 0 Å². The molecule has 0 unspecified atom stereocenters. The number of benzene rings is 1. The molecule has 1 aliphatic heterocycles. The smallest absolute Gasteiger partial charge is 0.307 e. The quantitative estimate of drug-likeness (QED) is 0.623. The number of carbonyl (C=O) groups is 2. The number of aliphatic hydroxyl groups is 1. The second kappa shape index (κ2) is 4.51. The number of fused-ring (bicyclic) bond motifs is 1. The van der Waals surface area contributed by atoms with Gasteiger partial charge in [-0.2, -0.15) is 0 Å². The van der Waals surface area contributed by atoms with E-state index < -0.39 is 40.8 Å². The van der Waals surface area contributed by atoms with Gasteiger partial charge in [0.25, 0.3) is 5.69 Å². The molecule has 6 atom stereocenters. The van der Waals surface area contributed by atoms with Crippen LogP contribution in [0.5, 0.6) is 0 Å². The van der Waals surface area contributed by atoms with Crippen LogP contribution in [0.3, 0.4) is 0 Å². The molecule has 3 aliphatic rings. The second-order valence-corrected chi connectivity index (χ2v) is 6.42. The summed E-state index contributed by atoms with van der Waals surface area (Å²) in [6.07, 6.45) is -0.409. The van der Waals surface area contributed by atoms with E-state index in [-0.39, 0.29) is 17.5 Å². The first-order valence-electron chi connectivity index (χ1n) is 7.40. The van der Waals surface area contributed by atoms with Gasteiger partial charge in [-0.25, -0.2) is 0 Å². The van der Waals surface area contributed by atoms with Gasteiger partial charge in [0.1, 0.15) is 0 Å². The van der Waals surface area contributed by atoms with Crippen LogP contribution in [0.25, 0.3) is 0 Å². The van der Waals surface area contributed by atoms with Crippen molar-refractivity contribution in [1.82, 2.24) is 0 Å². The number of carboxylic acids is 1. The first-order chi connectivity index (χ1) is 10.9. The number of amides is 1. The Balaban J connectivity index is 1.78. The first-order valence-corrected chi connectivity index (χ1v) is 7.40. The van der Waals surface area contributed by atoms with E-state index in [1.165, 1.54) is 23.1 Å². The zero-order chi connectivity index (χ0) is 16.5. The molecule has 8 heteroatoms. The van der Waals surface area contributed by atoms with Gasteiger partial charge in [-0.1, -0.05) is 6.07 Å². The monoisotopic (exact) mass is 318 g/mol. The summed E-state index contributed by atoms with van der Waals surface area (Å²) in [4.78, 5) is 36.0. The highest BCUT2D eigenvalue weighted by molar-refractivity contribution is 6.02. The molecule has 8 nitrogen and oxygen atoms in total. The van der Waals surface area contributed by atoms with E-state index in [9.17, 15) is 29.9 Å². The standard InChI is InChI=1S/C15H14N2O6/c18-13-9-5-8-10(11(9)15(20)21)14(19)16(12(8)13)6-2-1-3-7(4-6)17(22)23/h1-4,8-13,18H,5H2,(H,20,21)/t8-,9+,10-,11+,12+,13+/m0/s1. The van der Waals surface area contributed by atoms with Gasteiger partial charge >= 0.3 is 5.97 Å². The van der Waals surface area contributed by atoms with Crippen molar-refractivity contribution in [2.75, 3.05) is 4.90 Å². The zero-order valence-corrected chi connectivity index (χ0v) is 11.9. The zero-order valence-electron chi connectivity index (χ0n) is 11.9. The highest BCUT2D eigenvalue weighted by Crippen LogP contribution is 2.59. The lowest BCUT2D eigenvalue weighted by Crippen LogP contribution is -2.44. The number of non-ortho nitro benzene ring substituents is 1. The van der Waals surface area contributed by atoms with Crippen molar-refractivity contribution < 1.29 is 24.7 Å². The van der Waals surface area contributed by atoms with Crippen LogP contribution >= 0.6 is 0 Å². The Morgan fingerprint density at radius 3 is 2.74 bits per heavy atom. The number of carboxylic acid groups (broad SMARTS) is 1. The average molecular weight is 318 g/mol. The van der Waals surface area contributed by atoms with Gasteiger partial charge in [0.2, 0.25) is 5.91 Å². The van der Waals surface area contributed by atoms with Crippen LogP contribution in [0.2, 0.25) is 0 Å². The Morgan fingerprint density at radius 2 is 2.09 bits per heavy atom. The maximum atomic E-state index is 12.7. The van der Waals surface area contributed by atoms with E-state index in [4.69, 9.17) is 0 Å². The van der Waals surface area contributed by atoms with Gasteiger partial charge < -0.3 is 15.1 Å². The summed E-state index contributed by atoms with van der Waals surface area (Å²) >= 11 is 0. The average Bonchev–Trinajstić information content (AvgIpc) is 3.10. The van der Waals surface area contributed by atoms with E-state index in [0.717, 1.165) is 0 Å². The highest BCUT2D eigenvalue weighted by Gasteiger charge is 2.69. The predicted molar refractivity (Wildman–Crippen MR) is 76.6 cm³/mol. The normalized spacial score (nSPS) is 37.4. The van der Waals surface area contributed by atoms with Gasteiger partial charge in [0, 0.05) is 18.1 Å². The van der Waals surface area contributed by atoms with Gasteiger partial charge in [-0.3, -0.25) is 19.7 Å². The summed E-state index contributed by atoms with van der Waals surface area (Å²) in [7, 11) is 0. The lowest BCUT2D eigenvalue weighted by atomic mass is 9.78.